The molecule has 0 heterocycles. The standard InChI is InChI=1S/C15H14F2O2S/c1-19-14-4-2-3-12(15(14)17)13(18)9-20-11-7-5-10(16)6-8-11/h2-8,13,18H,9H2,1H3. The van der Waals surface area contributed by atoms with E-state index < -0.39 is 11.9 Å². The van der Waals surface area contributed by atoms with Crippen LogP contribution in [-0.2, 0) is 0 Å². The Hall–Kier alpha value is -1.59. The van der Waals surface area contributed by atoms with Crippen LogP contribution in [0.2, 0.25) is 0 Å². The molecule has 0 spiro atoms. The number of thioether (sulfide) groups is 1. The number of ether oxygens (including phenoxy) is 1. The Morgan fingerprint density at radius 2 is 1.85 bits per heavy atom. The van der Waals surface area contributed by atoms with Gasteiger partial charge in [0, 0.05) is 16.2 Å². The van der Waals surface area contributed by atoms with Gasteiger partial charge in [0.05, 0.1) is 13.2 Å². The van der Waals surface area contributed by atoms with Crippen molar-refractivity contribution in [1.29, 1.82) is 0 Å². The topological polar surface area (TPSA) is 29.5 Å². The first-order valence-corrected chi connectivity index (χ1v) is 6.99. The summed E-state index contributed by atoms with van der Waals surface area (Å²) >= 11 is 1.33. The Bertz CT molecular complexity index is 573. The van der Waals surface area contributed by atoms with Crippen molar-refractivity contribution in [3.63, 3.8) is 0 Å². The van der Waals surface area contributed by atoms with Gasteiger partial charge in [0.25, 0.3) is 0 Å². The Balaban J connectivity index is 2.05. The number of benzene rings is 2. The van der Waals surface area contributed by atoms with Crippen LogP contribution in [0.5, 0.6) is 5.75 Å². The van der Waals surface area contributed by atoms with Gasteiger partial charge in [-0.2, -0.15) is 0 Å². The third kappa shape index (κ3) is 3.49. The van der Waals surface area contributed by atoms with E-state index in [9.17, 15) is 13.9 Å². The largest absolute Gasteiger partial charge is 0.494 e. The van der Waals surface area contributed by atoms with Crippen LogP contribution in [0.3, 0.4) is 0 Å². The van der Waals surface area contributed by atoms with Crippen LogP contribution in [0, 0.1) is 11.6 Å². The zero-order valence-electron chi connectivity index (χ0n) is 10.8. The first kappa shape index (κ1) is 14.8. The maximum Gasteiger partial charge on any atom is 0.170 e. The molecule has 0 aliphatic heterocycles. The molecule has 1 unspecified atom stereocenters. The molecule has 2 aromatic rings. The molecule has 1 N–H and O–H groups in total. The molecule has 5 heteroatoms. The number of hydrogen-bond acceptors (Lipinski definition) is 3. The maximum atomic E-state index is 14.0. The number of hydrogen-bond donors (Lipinski definition) is 1. The van der Waals surface area contributed by atoms with Crippen molar-refractivity contribution >= 4 is 11.8 Å². The van der Waals surface area contributed by atoms with Crippen molar-refractivity contribution in [3.8, 4) is 5.75 Å². The minimum absolute atomic E-state index is 0.105. The second-order valence-corrected chi connectivity index (χ2v) is 5.24. The zero-order valence-corrected chi connectivity index (χ0v) is 11.7. The van der Waals surface area contributed by atoms with Crippen LogP contribution >= 0.6 is 11.8 Å². The molecule has 0 fully saturated rings. The van der Waals surface area contributed by atoms with Crippen molar-refractivity contribution in [2.75, 3.05) is 12.9 Å². The molecule has 0 aromatic heterocycles. The Kier molecular flexibility index (Phi) is 4.98. The summed E-state index contributed by atoms with van der Waals surface area (Å²) in [5.41, 5.74) is 0.193. The van der Waals surface area contributed by atoms with Crippen LogP contribution in [0.4, 0.5) is 8.78 Å². The van der Waals surface area contributed by atoms with Crippen LogP contribution in [0.15, 0.2) is 47.4 Å². The molecular formula is C15H14F2O2S. The third-order valence-corrected chi connectivity index (χ3v) is 3.88. The predicted octanol–water partition coefficient (Wildman–Crippen LogP) is 3.80. The highest BCUT2D eigenvalue weighted by Crippen LogP contribution is 2.29. The Labute approximate surface area is 120 Å². The van der Waals surface area contributed by atoms with E-state index in [0.717, 1.165) is 4.90 Å². The van der Waals surface area contributed by atoms with Gasteiger partial charge in [-0.1, -0.05) is 12.1 Å². The first-order valence-electron chi connectivity index (χ1n) is 6.00. The number of aliphatic hydroxyl groups is 1. The van der Waals surface area contributed by atoms with E-state index in [4.69, 9.17) is 4.74 Å². The van der Waals surface area contributed by atoms with Gasteiger partial charge in [-0.25, -0.2) is 8.78 Å². The van der Waals surface area contributed by atoms with Crippen molar-refractivity contribution < 1.29 is 18.6 Å². The van der Waals surface area contributed by atoms with Crippen molar-refractivity contribution in [3.05, 3.63) is 59.7 Å². The van der Waals surface area contributed by atoms with Crippen LogP contribution in [0.1, 0.15) is 11.7 Å². The second-order valence-electron chi connectivity index (χ2n) is 4.14. The quantitative estimate of drug-likeness (QED) is 0.851. The summed E-state index contributed by atoms with van der Waals surface area (Å²) in [5, 5.41) is 10.0. The predicted molar refractivity (Wildman–Crippen MR) is 75.0 cm³/mol. The van der Waals surface area contributed by atoms with Crippen molar-refractivity contribution in [1.82, 2.24) is 0 Å². The van der Waals surface area contributed by atoms with Gasteiger partial charge in [0.2, 0.25) is 0 Å². The lowest BCUT2D eigenvalue weighted by molar-refractivity contribution is 0.197. The van der Waals surface area contributed by atoms with E-state index in [2.05, 4.69) is 0 Å². The molecule has 0 amide bonds. The minimum Gasteiger partial charge on any atom is -0.494 e. The van der Waals surface area contributed by atoms with Gasteiger partial charge in [-0.3, -0.25) is 0 Å². The Morgan fingerprint density at radius 3 is 2.50 bits per heavy atom. The summed E-state index contributed by atoms with van der Waals surface area (Å²) in [6.45, 7) is 0. The molecule has 2 aromatic carbocycles. The number of halogens is 2. The summed E-state index contributed by atoms with van der Waals surface area (Å²) in [4.78, 5) is 0.814. The molecule has 0 saturated carbocycles. The van der Waals surface area contributed by atoms with Crippen LogP contribution in [0.25, 0.3) is 0 Å². The third-order valence-electron chi connectivity index (χ3n) is 2.79. The van der Waals surface area contributed by atoms with E-state index in [1.54, 1.807) is 18.2 Å². The summed E-state index contributed by atoms with van der Waals surface area (Å²) in [6, 6.07) is 10.6. The highest BCUT2D eigenvalue weighted by Gasteiger charge is 2.16. The highest BCUT2D eigenvalue weighted by molar-refractivity contribution is 7.99. The fourth-order valence-electron chi connectivity index (χ4n) is 1.74. The average Bonchev–Trinajstić information content (AvgIpc) is 2.46. The molecule has 106 valence electrons. The fourth-order valence-corrected chi connectivity index (χ4v) is 2.60. The monoisotopic (exact) mass is 296 g/mol. The zero-order chi connectivity index (χ0) is 14.5. The molecule has 2 nitrogen and oxygen atoms in total. The summed E-state index contributed by atoms with van der Waals surface area (Å²) in [5.74, 6) is -0.486. The van der Waals surface area contributed by atoms with E-state index >= 15 is 0 Å². The SMILES string of the molecule is COc1cccc(C(O)CSc2ccc(F)cc2)c1F. The average molecular weight is 296 g/mol. The molecular weight excluding hydrogens is 282 g/mol. The first-order chi connectivity index (χ1) is 9.61. The van der Waals surface area contributed by atoms with Crippen molar-refractivity contribution in [2.24, 2.45) is 0 Å². The normalized spacial score (nSPS) is 12.2. The fraction of sp³-hybridized carbons (Fsp3) is 0.200. The molecule has 2 rings (SSSR count). The van der Waals surface area contributed by atoms with Crippen LogP contribution in [-0.4, -0.2) is 18.0 Å². The maximum absolute atomic E-state index is 14.0. The lowest BCUT2D eigenvalue weighted by Gasteiger charge is -2.13. The van der Waals surface area contributed by atoms with Gasteiger partial charge in [0.15, 0.2) is 11.6 Å². The number of methoxy groups -OCH3 is 1. The molecule has 0 saturated heterocycles. The molecule has 0 bridgehead atoms. The lowest BCUT2D eigenvalue weighted by Crippen LogP contribution is -2.04. The number of aliphatic hydroxyl groups excluding tert-OH is 1. The Morgan fingerprint density at radius 1 is 1.15 bits per heavy atom. The lowest BCUT2D eigenvalue weighted by atomic mass is 10.1. The molecule has 0 radical (unpaired) electrons. The van der Waals surface area contributed by atoms with Gasteiger partial charge in [-0.05, 0) is 30.3 Å². The van der Waals surface area contributed by atoms with Gasteiger partial charge < -0.3 is 9.84 Å². The minimum atomic E-state index is -0.958. The van der Waals surface area contributed by atoms with Crippen molar-refractivity contribution in [2.45, 2.75) is 11.0 Å². The van der Waals surface area contributed by atoms with Gasteiger partial charge in [-0.15, -0.1) is 11.8 Å². The highest BCUT2D eigenvalue weighted by atomic mass is 32.2. The van der Waals surface area contributed by atoms with E-state index in [1.165, 1.54) is 43.1 Å². The molecule has 20 heavy (non-hydrogen) atoms. The summed E-state index contributed by atoms with van der Waals surface area (Å²) < 4.78 is 31.6. The molecule has 0 aliphatic carbocycles. The van der Waals surface area contributed by atoms with Gasteiger partial charge in [0.1, 0.15) is 5.82 Å². The van der Waals surface area contributed by atoms with E-state index in [0.29, 0.717) is 0 Å². The summed E-state index contributed by atoms with van der Waals surface area (Å²) in [7, 11) is 1.38. The molecule has 0 aliphatic rings. The molecule has 1 atom stereocenters. The number of rotatable bonds is 5. The van der Waals surface area contributed by atoms with E-state index in [-0.39, 0.29) is 22.9 Å². The van der Waals surface area contributed by atoms with Crippen LogP contribution < -0.4 is 4.74 Å². The van der Waals surface area contributed by atoms with Gasteiger partial charge >= 0.3 is 0 Å². The second kappa shape index (κ2) is 6.72. The summed E-state index contributed by atoms with van der Waals surface area (Å²) in [6.07, 6.45) is -0.958. The van der Waals surface area contributed by atoms with E-state index in [1.807, 2.05) is 0 Å². The smallest absolute Gasteiger partial charge is 0.170 e.